The largest absolute Gasteiger partial charge is 0.486 e. The summed E-state index contributed by atoms with van der Waals surface area (Å²) in [7, 11) is 0. The van der Waals surface area contributed by atoms with Crippen LogP contribution in [0.5, 0.6) is 11.5 Å². The molecule has 2 heterocycles. The Kier molecular flexibility index (Phi) is 6.18. The first-order valence-corrected chi connectivity index (χ1v) is 9.26. The molecule has 0 aromatic heterocycles. The van der Waals surface area contributed by atoms with Crippen molar-refractivity contribution in [3.63, 3.8) is 0 Å². The van der Waals surface area contributed by atoms with Crippen molar-refractivity contribution in [2.75, 3.05) is 39.4 Å². The zero-order valence-corrected chi connectivity index (χ0v) is 16.1. The fraction of sp³-hybridized carbons (Fsp3) is 0.450. The molecule has 8 nitrogen and oxygen atoms in total. The third-order valence-corrected chi connectivity index (χ3v) is 4.66. The van der Waals surface area contributed by atoms with Crippen LogP contribution in [0.25, 0.3) is 6.08 Å². The van der Waals surface area contributed by atoms with Crippen LogP contribution in [0, 0.1) is 0 Å². The molecule has 0 bridgehead atoms. The van der Waals surface area contributed by atoms with E-state index in [1.54, 1.807) is 41.0 Å². The lowest BCUT2D eigenvalue weighted by Gasteiger charge is -2.35. The van der Waals surface area contributed by atoms with Gasteiger partial charge >= 0.3 is 5.97 Å². The van der Waals surface area contributed by atoms with Crippen LogP contribution in [-0.4, -0.2) is 73.1 Å². The number of esters is 1. The first kappa shape index (κ1) is 19.7. The minimum atomic E-state index is -0.888. The van der Waals surface area contributed by atoms with Gasteiger partial charge in [0.1, 0.15) is 13.2 Å². The molecule has 2 aliphatic rings. The second-order valence-electron chi connectivity index (χ2n) is 6.65. The molecule has 3 rings (SSSR count). The highest BCUT2D eigenvalue weighted by Gasteiger charge is 2.27. The van der Waals surface area contributed by atoms with E-state index in [1.165, 1.54) is 13.0 Å². The van der Waals surface area contributed by atoms with E-state index in [0.717, 1.165) is 5.56 Å². The Balaban J connectivity index is 1.50. The molecule has 0 spiro atoms. The molecular formula is C20H24N2O6. The first-order chi connectivity index (χ1) is 13.4. The van der Waals surface area contributed by atoms with Crippen LogP contribution >= 0.6 is 0 Å². The maximum Gasteiger partial charge on any atom is 0.331 e. The molecule has 0 N–H and O–H groups in total. The van der Waals surface area contributed by atoms with Crippen molar-refractivity contribution in [2.45, 2.75) is 20.0 Å². The van der Waals surface area contributed by atoms with Crippen molar-refractivity contribution in [1.29, 1.82) is 0 Å². The van der Waals surface area contributed by atoms with Crippen LogP contribution < -0.4 is 9.47 Å². The smallest absolute Gasteiger partial charge is 0.331 e. The predicted molar refractivity (Wildman–Crippen MR) is 101 cm³/mol. The summed E-state index contributed by atoms with van der Waals surface area (Å²) in [6, 6.07) is 5.37. The molecular weight excluding hydrogens is 364 g/mol. The van der Waals surface area contributed by atoms with Gasteiger partial charge in [-0.1, -0.05) is 6.07 Å². The number of nitrogens with zero attached hydrogens (tertiary/aromatic N) is 2. The highest BCUT2D eigenvalue weighted by atomic mass is 16.6. The molecule has 2 amide bonds. The highest BCUT2D eigenvalue weighted by molar-refractivity contribution is 5.90. The summed E-state index contributed by atoms with van der Waals surface area (Å²) in [4.78, 5) is 39.1. The Bertz CT molecular complexity index is 783. The Morgan fingerprint density at radius 1 is 1.04 bits per heavy atom. The average Bonchev–Trinajstić information content (AvgIpc) is 2.71. The summed E-state index contributed by atoms with van der Waals surface area (Å²) in [5, 5.41) is 0. The van der Waals surface area contributed by atoms with Crippen molar-refractivity contribution in [3.8, 4) is 11.5 Å². The van der Waals surface area contributed by atoms with Crippen LogP contribution in [0.3, 0.4) is 0 Å². The third-order valence-electron chi connectivity index (χ3n) is 4.66. The van der Waals surface area contributed by atoms with Crippen LogP contribution in [-0.2, 0) is 19.1 Å². The van der Waals surface area contributed by atoms with Crippen LogP contribution in [0.2, 0.25) is 0 Å². The molecule has 0 aliphatic carbocycles. The Morgan fingerprint density at radius 3 is 2.36 bits per heavy atom. The van der Waals surface area contributed by atoms with Gasteiger partial charge in [-0.3, -0.25) is 9.59 Å². The minimum absolute atomic E-state index is 0.00384. The number of rotatable bonds is 4. The molecule has 0 saturated carbocycles. The van der Waals surface area contributed by atoms with Crippen LogP contribution in [0.15, 0.2) is 24.3 Å². The predicted octanol–water partition coefficient (Wildman–Crippen LogP) is 1.09. The van der Waals surface area contributed by atoms with E-state index < -0.39 is 12.1 Å². The summed E-state index contributed by atoms with van der Waals surface area (Å²) in [6.07, 6.45) is 1.99. The number of carbonyl (C=O) groups is 3. The minimum Gasteiger partial charge on any atom is -0.486 e. The number of hydrogen-bond donors (Lipinski definition) is 0. The number of hydrogen-bond acceptors (Lipinski definition) is 6. The molecule has 1 aromatic rings. The lowest BCUT2D eigenvalue weighted by molar-refractivity contribution is -0.156. The van der Waals surface area contributed by atoms with Gasteiger partial charge < -0.3 is 24.0 Å². The molecule has 1 unspecified atom stereocenters. The Morgan fingerprint density at radius 2 is 1.68 bits per heavy atom. The first-order valence-electron chi connectivity index (χ1n) is 9.26. The summed E-state index contributed by atoms with van der Waals surface area (Å²) < 4.78 is 16.2. The van der Waals surface area contributed by atoms with Gasteiger partial charge in [0.15, 0.2) is 17.6 Å². The van der Waals surface area contributed by atoms with Gasteiger partial charge in [0.2, 0.25) is 5.91 Å². The SMILES string of the molecule is CC(=O)N1CCN(C(=O)C(C)OC(=O)/C=C/c2ccc3c(c2)OCCO3)CC1. The Labute approximate surface area is 163 Å². The van der Waals surface area contributed by atoms with Gasteiger partial charge in [-0.25, -0.2) is 4.79 Å². The van der Waals surface area contributed by atoms with Crippen LogP contribution in [0.1, 0.15) is 19.4 Å². The number of fused-ring (bicyclic) bond motifs is 1. The number of benzene rings is 1. The van der Waals surface area contributed by atoms with Crippen molar-refractivity contribution >= 4 is 23.9 Å². The maximum atomic E-state index is 12.4. The topological polar surface area (TPSA) is 85.4 Å². The van der Waals surface area contributed by atoms with E-state index in [1.807, 2.05) is 0 Å². The van der Waals surface area contributed by atoms with Crippen molar-refractivity contribution in [2.24, 2.45) is 0 Å². The van der Waals surface area contributed by atoms with Gasteiger partial charge in [-0.05, 0) is 30.7 Å². The van der Waals surface area contributed by atoms with E-state index in [9.17, 15) is 14.4 Å². The summed E-state index contributed by atoms with van der Waals surface area (Å²) in [6.45, 7) is 5.93. The molecule has 28 heavy (non-hydrogen) atoms. The zero-order chi connectivity index (χ0) is 20.1. The summed E-state index contributed by atoms with van der Waals surface area (Å²) in [5.74, 6) is 0.448. The molecule has 1 fully saturated rings. The maximum absolute atomic E-state index is 12.4. The number of amides is 2. The lowest BCUT2D eigenvalue weighted by Crippen LogP contribution is -2.52. The Hall–Kier alpha value is -3.03. The molecule has 1 saturated heterocycles. The van der Waals surface area contributed by atoms with E-state index in [4.69, 9.17) is 14.2 Å². The van der Waals surface area contributed by atoms with Gasteiger partial charge in [-0.15, -0.1) is 0 Å². The molecule has 1 aromatic carbocycles. The second kappa shape index (κ2) is 8.77. The molecule has 8 heteroatoms. The van der Waals surface area contributed by atoms with Crippen molar-refractivity contribution < 1.29 is 28.6 Å². The normalized spacial score (nSPS) is 17.4. The average molecular weight is 388 g/mol. The van der Waals surface area contributed by atoms with E-state index >= 15 is 0 Å². The molecule has 150 valence electrons. The molecule has 0 radical (unpaired) electrons. The van der Waals surface area contributed by atoms with Crippen molar-refractivity contribution in [3.05, 3.63) is 29.8 Å². The van der Waals surface area contributed by atoms with Crippen LogP contribution in [0.4, 0.5) is 0 Å². The fourth-order valence-corrected chi connectivity index (χ4v) is 3.09. The van der Waals surface area contributed by atoms with Gasteiger partial charge in [-0.2, -0.15) is 0 Å². The summed E-state index contributed by atoms with van der Waals surface area (Å²) >= 11 is 0. The van der Waals surface area contributed by atoms with Gasteiger partial charge in [0.25, 0.3) is 5.91 Å². The second-order valence-corrected chi connectivity index (χ2v) is 6.65. The number of piperazine rings is 1. The number of carbonyl (C=O) groups excluding carboxylic acids is 3. The lowest BCUT2D eigenvalue weighted by atomic mass is 10.2. The quantitative estimate of drug-likeness (QED) is 0.567. The van der Waals surface area contributed by atoms with E-state index in [0.29, 0.717) is 50.9 Å². The molecule has 1 atom stereocenters. The zero-order valence-electron chi connectivity index (χ0n) is 16.1. The van der Waals surface area contributed by atoms with Crippen molar-refractivity contribution in [1.82, 2.24) is 9.80 Å². The monoisotopic (exact) mass is 388 g/mol. The van der Waals surface area contributed by atoms with Gasteiger partial charge in [0.05, 0.1) is 0 Å². The highest BCUT2D eigenvalue weighted by Crippen LogP contribution is 2.31. The van der Waals surface area contributed by atoms with E-state index in [2.05, 4.69) is 0 Å². The number of ether oxygens (including phenoxy) is 3. The standard InChI is InChI=1S/C20H24N2O6/c1-14(20(25)22-9-7-21(8-10-22)15(2)23)28-19(24)6-4-16-3-5-17-18(13-16)27-12-11-26-17/h3-6,13-14H,7-12H2,1-2H3/b6-4+. The summed E-state index contributed by atoms with van der Waals surface area (Å²) in [5.41, 5.74) is 0.764. The fourth-order valence-electron chi connectivity index (χ4n) is 3.09. The van der Waals surface area contributed by atoms with E-state index in [-0.39, 0.29) is 11.8 Å². The van der Waals surface area contributed by atoms with Gasteiger partial charge in [0, 0.05) is 39.2 Å². The third kappa shape index (κ3) is 4.82. The molecule has 2 aliphatic heterocycles.